The van der Waals surface area contributed by atoms with Gasteiger partial charge in [-0.1, -0.05) is 13.0 Å². The first-order valence-electron chi connectivity index (χ1n) is 6.07. The first-order valence-corrected chi connectivity index (χ1v) is 6.07. The van der Waals surface area contributed by atoms with E-state index in [4.69, 9.17) is 5.26 Å². The lowest BCUT2D eigenvalue weighted by Crippen LogP contribution is -2.36. The van der Waals surface area contributed by atoms with Crippen LogP contribution in [-0.4, -0.2) is 12.3 Å². The highest BCUT2D eigenvalue weighted by Crippen LogP contribution is 2.30. The van der Waals surface area contributed by atoms with Crippen LogP contribution in [0.5, 0.6) is 0 Å². The number of alkyl halides is 1. The minimum Gasteiger partial charge on any atom is -0.430 e. The summed E-state index contributed by atoms with van der Waals surface area (Å²) in [6, 6.07) is 4.44. The average molecular weight is 285 g/mol. The molecular formula is C14H14F3NO2. The molecule has 0 amide bonds. The molecule has 0 aromatic heterocycles. The van der Waals surface area contributed by atoms with Gasteiger partial charge >= 0.3 is 5.97 Å². The third kappa shape index (κ3) is 3.10. The van der Waals surface area contributed by atoms with Crippen LogP contribution in [0.2, 0.25) is 0 Å². The molecule has 0 saturated carbocycles. The van der Waals surface area contributed by atoms with Crippen molar-refractivity contribution in [2.24, 2.45) is 0 Å². The van der Waals surface area contributed by atoms with Gasteiger partial charge in [0.2, 0.25) is 6.36 Å². The van der Waals surface area contributed by atoms with E-state index in [9.17, 15) is 18.0 Å². The highest BCUT2D eigenvalue weighted by molar-refractivity contribution is 5.86. The summed E-state index contributed by atoms with van der Waals surface area (Å²) in [6.45, 7) is 2.68. The van der Waals surface area contributed by atoms with Crippen molar-refractivity contribution in [1.29, 1.82) is 5.26 Å². The molecule has 1 rings (SSSR count). The van der Waals surface area contributed by atoms with E-state index >= 15 is 0 Å². The number of halogens is 3. The van der Waals surface area contributed by atoms with Gasteiger partial charge in [-0.05, 0) is 25.5 Å². The smallest absolute Gasteiger partial charge is 0.333 e. The molecule has 0 saturated heterocycles. The Morgan fingerprint density at radius 3 is 2.45 bits per heavy atom. The van der Waals surface area contributed by atoms with Crippen molar-refractivity contribution in [3.8, 4) is 6.07 Å². The molecule has 2 atom stereocenters. The van der Waals surface area contributed by atoms with Gasteiger partial charge in [-0.15, -0.1) is 0 Å². The Balaban J connectivity index is 3.15. The third-order valence-electron chi connectivity index (χ3n) is 2.85. The number of hydrogen-bond acceptors (Lipinski definition) is 3. The number of rotatable bonds is 5. The Kier molecular flexibility index (Phi) is 5.14. The van der Waals surface area contributed by atoms with Crippen LogP contribution in [0.1, 0.15) is 32.3 Å². The van der Waals surface area contributed by atoms with E-state index in [1.54, 1.807) is 6.92 Å². The number of nitrogens with zero attached hydrogens (tertiary/aromatic N) is 1. The summed E-state index contributed by atoms with van der Waals surface area (Å²) < 4.78 is 45.1. The zero-order chi connectivity index (χ0) is 15.3. The summed E-state index contributed by atoms with van der Waals surface area (Å²) in [5, 5.41) is 9.09. The first kappa shape index (κ1) is 16.0. The summed E-state index contributed by atoms with van der Waals surface area (Å²) in [7, 11) is 0. The lowest BCUT2D eigenvalue weighted by molar-refractivity contribution is -0.162. The number of ether oxygens (including phenoxy) is 1. The van der Waals surface area contributed by atoms with Gasteiger partial charge < -0.3 is 4.74 Å². The van der Waals surface area contributed by atoms with Gasteiger partial charge in [-0.3, -0.25) is 0 Å². The topological polar surface area (TPSA) is 50.1 Å². The van der Waals surface area contributed by atoms with Crippen molar-refractivity contribution < 1.29 is 22.7 Å². The maximum absolute atomic E-state index is 13.7. The van der Waals surface area contributed by atoms with Crippen LogP contribution in [0.3, 0.4) is 0 Å². The molecule has 1 aromatic carbocycles. The van der Waals surface area contributed by atoms with E-state index in [1.807, 2.05) is 0 Å². The van der Waals surface area contributed by atoms with Gasteiger partial charge in [-0.25, -0.2) is 18.0 Å². The first-order chi connectivity index (χ1) is 9.36. The van der Waals surface area contributed by atoms with Crippen LogP contribution >= 0.6 is 0 Å². The Hall–Kier alpha value is -2.03. The fourth-order valence-electron chi connectivity index (χ4n) is 1.70. The molecule has 0 bridgehead atoms. The highest BCUT2D eigenvalue weighted by atomic mass is 19.1. The van der Waals surface area contributed by atoms with Gasteiger partial charge in [0.05, 0.1) is 11.6 Å². The number of carbonyl (C=O) groups excluding carboxylic acids is 1. The third-order valence-corrected chi connectivity index (χ3v) is 2.85. The predicted molar refractivity (Wildman–Crippen MR) is 65.2 cm³/mol. The quantitative estimate of drug-likeness (QED) is 0.779. The van der Waals surface area contributed by atoms with Crippen LogP contribution in [0.4, 0.5) is 13.2 Å². The maximum Gasteiger partial charge on any atom is 0.333 e. The molecular weight excluding hydrogens is 271 g/mol. The van der Waals surface area contributed by atoms with Crippen molar-refractivity contribution in [2.75, 3.05) is 0 Å². The second-order valence-electron chi connectivity index (χ2n) is 4.44. The molecule has 6 heteroatoms. The lowest BCUT2D eigenvalue weighted by atomic mass is 9.83. The second kappa shape index (κ2) is 6.42. The average Bonchev–Trinajstić information content (AvgIpc) is 2.38. The monoisotopic (exact) mass is 285 g/mol. The maximum atomic E-state index is 13.7. The molecule has 0 fully saturated rings. The van der Waals surface area contributed by atoms with E-state index in [0.29, 0.717) is 6.42 Å². The summed E-state index contributed by atoms with van der Waals surface area (Å²) in [5.74, 6) is -3.43. The summed E-state index contributed by atoms with van der Waals surface area (Å²) in [5.41, 5.74) is -2.98. The molecule has 20 heavy (non-hydrogen) atoms. The van der Waals surface area contributed by atoms with Crippen LogP contribution in [0, 0.1) is 23.0 Å². The molecule has 0 aliphatic heterocycles. The molecule has 0 aliphatic rings. The van der Waals surface area contributed by atoms with Crippen molar-refractivity contribution in [3.05, 3.63) is 35.4 Å². The van der Waals surface area contributed by atoms with E-state index in [1.165, 1.54) is 6.07 Å². The normalized spacial score (nSPS) is 15.0. The van der Waals surface area contributed by atoms with Crippen LogP contribution in [-0.2, 0) is 14.9 Å². The molecule has 1 aromatic rings. The summed E-state index contributed by atoms with van der Waals surface area (Å²) in [6.07, 6.45) is -1.53. The van der Waals surface area contributed by atoms with E-state index < -0.39 is 34.9 Å². The molecule has 108 valence electrons. The Morgan fingerprint density at radius 2 is 2.00 bits per heavy atom. The summed E-state index contributed by atoms with van der Waals surface area (Å²) in [4.78, 5) is 11.9. The van der Waals surface area contributed by atoms with Crippen molar-refractivity contribution in [2.45, 2.75) is 38.5 Å². The lowest BCUT2D eigenvalue weighted by Gasteiger charge is -2.22. The van der Waals surface area contributed by atoms with Crippen LogP contribution in [0.15, 0.2) is 18.2 Å². The van der Waals surface area contributed by atoms with Gasteiger partial charge in [0, 0.05) is 6.42 Å². The number of hydrogen-bond donors (Lipinski definition) is 0. The Bertz CT molecular complexity index is 521. The van der Waals surface area contributed by atoms with Crippen molar-refractivity contribution in [3.63, 3.8) is 0 Å². The molecule has 0 spiro atoms. The summed E-state index contributed by atoms with van der Waals surface area (Å²) >= 11 is 0. The highest BCUT2D eigenvalue weighted by Gasteiger charge is 2.43. The molecule has 3 nitrogen and oxygen atoms in total. The van der Waals surface area contributed by atoms with E-state index in [-0.39, 0.29) is 6.42 Å². The van der Waals surface area contributed by atoms with Gasteiger partial charge in [0.25, 0.3) is 0 Å². The molecule has 0 aliphatic carbocycles. The van der Waals surface area contributed by atoms with Crippen LogP contribution in [0.25, 0.3) is 0 Å². The number of carbonyl (C=O) groups is 1. The molecule has 0 N–H and O–H groups in total. The Morgan fingerprint density at radius 1 is 1.45 bits per heavy atom. The number of nitriles is 1. The largest absolute Gasteiger partial charge is 0.430 e. The van der Waals surface area contributed by atoms with Gasteiger partial charge in [-0.2, -0.15) is 5.26 Å². The van der Waals surface area contributed by atoms with Gasteiger partial charge in [0.1, 0.15) is 11.6 Å². The predicted octanol–water partition coefficient (Wildman–Crippen LogP) is 3.38. The minimum absolute atomic E-state index is 0.0486. The fraction of sp³-hybridized carbons (Fsp3) is 0.429. The molecule has 0 heterocycles. The van der Waals surface area contributed by atoms with Gasteiger partial charge in [0.15, 0.2) is 5.41 Å². The van der Waals surface area contributed by atoms with Crippen LogP contribution < -0.4 is 0 Å². The zero-order valence-corrected chi connectivity index (χ0v) is 11.1. The fourth-order valence-corrected chi connectivity index (χ4v) is 1.70. The SMILES string of the molecule is CCCC(F)OC(=O)C(C)(C#N)c1c(F)cccc1F. The molecule has 2 unspecified atom stereocenters. The number of benzene rings is 1. The number of esters is 1. The van der Waals surface area contributed by atoms with E-state index in [0.717, 1.165) is 25.1 Å². The minimum atomic E-state index is -2.24. The second-order valence-corrected chi connectivity index (χ2v) is 4.44. The van der Waals surface area contributed by atoms with Crippen molar-refractivity contribution >= 4 is 5.97 Å². The Labute approximate surface area is 115 Å². The standard InChI is InChI=1S/C14H14F3NO2/c1-3-5-11(17)20-13(19)14(2,8-18)12-9(15)6-4-7-10(12)16/h4,6-7,11H,3,5H2,1-2H3. The zero-order valence-electron chi connectivity index (χ0n) is 11.1. The van der Waals surface area contributed by atoms with E-state index in [2.05, 4.69) is 4.74 Å². The molecule has 0 radical (unpaired) electrons. The van der Waals surface area contributed by atoms with Crippen molar-refractivity contribution in [1.82, 2.24) is 0 Å².